The summed E-state index contributed by atoms with van der Waals surface area (Å²) in [6.07, 6.45) is 4.37. The lowest BCUT2D eigenvalue weighted by molar-refractivity contribution is -0.133. The molecule has 1 saturated heterocycles. The van der Waals surface area contributed by atoms with Crippen molar-refractivity contribution in [3.05, 3.63) is 42.5 Å². The molecule has 2 heterocycles. The standard InChI is InChI=1S/C19H26N6O2/c1-2-16-5-3-4-6-17(16)22-18(26)13-23-9-11-24(12-10-23)19(27)7-8-25-15-20-14-21-25/h3-6,14-15H,2,7-13H2,1H3,(H,22,26). The highest BCUT2D eigenvalue weighted by Crippen LogP contribution is 2.15. The highest BCUT2D eigenvalue weighted by molar-refractivity contribution is 5.93. The summed E-state index contributed by atoms with van der Waals surface area (Å²) in [4.78, 5) is 32.5. The zero-order valence-corrected chi connectivity index (χ0v) is 15.7. The Balaban J connectivity index is 1.41. The molecule has 0 spiro atoms. The second kappa shape index (κ2) is 9.27. The van der Waals surface area contributed by atoms with Crippen LogP contribution in [0.5, 0.6) is 0 Å². The molecule has 1 aliphatic heterocycles. The van der Waals surface area contributed by atoms with Crippen LogP contribution in [0.25, 0.3) is 0 Å². The fourth-order valence-electron chi connectivity index (χ4n) is 3.22. The number of aromatic nitrogens is 3. The summed E-state index contributed by atoms with van der Waals surface area (Å²) < 4.78 is 1.66. The van der Waals surface area contributed by atoms with Crippen LogP contribution in [0, 0.1) is 0 Å². The van der Waals surface area contributed by atoms with E-state index in [-0.39, 0.29) is 11.8 Å². The predicted octanol–water partition coefficient (Wildman–Crippen LogP) is 1.01. The molecule has 0 unspecified atom stereocenters. The molecule has 2 amide bonds. The minimum Gasteiger partial charge on any atom is -0.340 e. The second-order valence-corrected chi connectivity index (χ2v) is 6.62. The molecule has 1 aliphatic rings. The maximum absolute atomic E-state index is 12.3. The molecule has 8 heteroatoms. The third-order valence-corrected chi connectivity index (χ3v) is 4.79. The summed E-state index contributed by atoms with van der Waals surface area (Å²) in [5.74, 6) is 0.105. The third-order valence-electron chi connectivity index (χ3n) is 4.79. The van der Waals surface area contributed by atoms with Crippen molar-refractivity contribution in [3.8, 4) is 0 Å². The van der Waals surface area contributed by atoms with Gasteiger partial charge in [-0.25, -0.2) is 4.98 Å². The summed E-state index contributed by atoms with van der Waals surface area (Å²) in [5, 5.41) is 7.01. The van der Waals surface area contributed by atoms with Crippen LogP contribution in [-0.4, -0.2) is 69.1 Å². The van der Waals surface area contributed by atoms with Gasteiger partial charge in [-0.05, 0) is 18.1 Å². The van der Waals surface area contributed by atoms with Crippen molar-refractivity contribution >= 4 is 17.5 Å². The van der Waals surface area contributed by atoms with Gasteiger partial charge in [0.05, 0.1) is 13.1 Å². The van der Waals surface area contributed by atoms with Gasteiger partial charge in [-0.2, -0.15) is 5.10 Å². The highest BCUT2D eigenvalue weighted by atomic mass is 16.2. The van der Waals surface area contributed by atoms with Gasteiger partial charge in [-0.15, -0.1) is 0 Å². The van der Waals surface area contributed by atoms with Crippen molar-refractivity contribution in [2.75, 3.05) is 38.0 Å². The number of rotatable bonds is 7. The van der Waals surface area contributed by atoms with Crippen LogP contribution in [-0.2, 0) is 22.6 Å². The highest BCUT2D eigenvalue weighted by Gasteiger charge is 2.22. The molecule has 1 aromatic heterocycles. The topological polar surface area (TPSA) is 83.4 Å². The van der Waals surface area contributed by atoms with E-state index in [0.29, 0.717) is 45.7 Å². The number of carbonyl (C=O) groups excluding carboxylic acids is 2. The first kappa shape index (κ1) is 19.0. The summed E-state index contributed by atoms with van der Waals surface area (Å²) in [7, 11) is 0. The maximum atomic E-state index is 12.3. The number of nitrogens with one attached hydrogen (secondary N) is 1. The Morgan fingerprint density at radius 3 is 2.63 bits per heavy atom. The van der Waals surface area contributed by atoms with Crippen LogP contribution in [0.1, 0.15) is 18.9 Å². The fraction of sp³-hybridized carbons (Fsp3) is 0.474. The van der Waals surface area contributed by atoms with E-state index in [0.717, 1.165) is 17.7 Å². The fourth-order valence-corrected chi connectivity index (χ4v) is 3.22. The van der Waals surface area contributed by atoms with Crippen molar-refractivity contribution in [2.24, 2.45) is 0 Å². The Morgan fingerprint density at radius 1 is 1.15 bits per heavy atom. The van der Waals surface area contributed by atoms with Gasteiger partial charge in [-0.1, -0.05) is 25.1 Å². The van der Waals surface area contributed by atoms with E-state index < -0.39 is 0 Å². The summed E-state index contributed by atoms with van der Waals surface area (Å²) >= 11 is 0. The van der Waals surface area contributed by atoms with E-state index in [2.05, 4.69) is 27.2 Å². The number of benzene rings is 1. The Hall–Kier alpha value is -2.74. The molecule has 27 heavy (non-hydrogen) atoms. The van der Waals surface area contributed by atoms with E-state index in [4.69, 9.17) is 0 Å². The van der Waals surface area contributed by atoms with Gasteiger partial charge in [0, 0.05) is 38.3 Å². The first-order valence-corrected chi connectivity index (χ1v) is 9.36. The number of para-hydroxylation sites is 1. The lowest BCUT2D eigenvalue weighted by atomic mass is 10.1. The molecule has 2 aromatic rings. The molecule has 1 N–H and O–H groups in total. The third kappa shape index (κ3) is 5.37. The molecular weight excluding hydrogens is 344 g/mol. The molecule has 0 aliphatic carbocycles. The van der Waals surface area contributed by atoms with E-state index in [9.17, 15) is 9.59 Å². The van der Waals surface area contributed by atoms with Gasteiger partial charge in [0.1, 0.15) is 12.7 Å². The Kier molecular flexibility index (Phi) is 6.54. The minimum atomic E-state index is -0.0122. The normalized spacial score (nSPS) is 14.9. The molecule has 0 radical (unpaired) electrons. The molecule has 144 valence electrons. The van der Waals surface area contributed by atoms with Gasteiger partial charge in [0.25, 0.3) is 0 Å². The van der Waals surface area contributed by atoms with Crippen LogP contribution in [0.2, 0.25) is 0 Å². The molecule has 0 atom stereocenters. The molecular formula is C19H26N6O2. The Bertz CT molecular complexity index is 753. The van der Waals surface area contributed by atoms with Crippen LogP contribution in [0.4, 0.5) is 5.69 Å². The van der Waals surface area contributed by atoms with E-state index in [1.54, 1.807) is 11.0 Å². The average Bonchev–Trinajstić information content (AvgIpc) is 3.20. The zero-order chi connectivity index (χ0) is 19.1. The van der Waals surface area contributed by atoms with Crippen LogP contribution in [0.15, 0.2) is 36.9 Å². The maximum Gasteiger partial charge on any atom is 0.238 e. The number of hydrogen-bond acceptors (Lipinski definition) is 5. The number of carbonyl (C=O) groups is 2. The Labute approximate surface area is 159 Å². The largest absolute Gasteiger partial charge is 0.340 e. The van der Waals surface area contributed by atoms with Crippen molar-refractivity contribution in [3.63, 3.8) is 0 Å². The van der Waals surface area contributed by atoms with Gasteiger partial charge >= 0.3 is 0 Å². The quantitative estimate of drug-likeness (QED) is 0.787. The lowest BCUT2D eigenvalue weighted by Crippen LogP contribution is -2.50. The van der Waals surface area contributed by atoms with Crippen molar-refractivity contribution < 1.29 is 9.59 Å². The first-order chi connectivity index (χ1) is 13.2. The van der Waals surface area contributed by atoms with Gasteiger partial charge in [-0.3, -0.25) is 19.2 Å². The first-order valence-electron chi connectivity index (χ1n) is 9.36. The minimum absolute atomic E-state index is 0.0122. The number of nitrogens with zero attached hydrogens (tertiary/aromatic N) is 5. The average molecular weight is 370 g/mol. The summed E-state index contributed by atoms with van der Waals surface area (Å²) in [5.41, 5.74) is 2.01. The predicted molar refractivity (Wildman–Crippen MR) is 102 cm³/mol. The summed E-state index contributed by atoms with van der Waals surface area (Å²) in [6.45, 7) is 5.67. The van der Waals surface area contributed by atoms with Gasteiger partial charge in [0.15, 0.2) is 0 Å². The lowest BCUT2D eigenvalue weighted by Gasteiger charge is -2.34. The van der Waals surface area contributed by atoms with Crippen molar-refractivity contribution in [1.29, 1.82) is 0 Å². The number of piperazine rings is 1. The van der Waals surface area contributed by atoms with E-state index >= 15 is 0 Å². The molecule has 3 rings (SSSR count). The molecule has 0 saturated carbocycles. The van der Waals surface area contributed by atoms with E-state index in [1.807, 2.05) is 29.2 Å². The number of aryl methyl sites for hydroxylation is 2. The molecule has 1 aromatic carbocycles. The van der Waals surface area contributed by atoms with Crippen molar-refractivity contribution in [2.45, 2.75) is 26.3 Å². The van der Waals surface area contributed by atoms with Crippen LogP contribution >= 0.6 is 0 Å². The monoisotopic (exact) mass is 370 g/mol. The number of amides is 2. The smallest absolute Gasteiger partial charge is 0.238 e. The van der Waals surface area contributed by atoms with Gasteiger partial charge in [0.2, 0.25) is 11.8 Å². The van der Waals surface area contributed by atoms with Crippen LogP contribution in [0.3, 0.4) is 0 Å². The van der Waals surface area contributed by atoms with Gasteiger partial charge < -0.3 is 10.2 Å². The van der Waals surface area contributed by atoms with Crippen LogP contribution < -0.4 is 5.32 Å². The SMILES string of the molecule is CCc1ccccc1NC(=O)CN1CCN(C(=O)CCn2cncn2)CC1. The molecule has 1 fully saturated rings. The van der Waals surface area contributed by atoms with Crippen molar-refractivity contribution in [1.82, 2.24) is 24.6 Å². The number of hydrogen-bond donors (Lipinski definition) is 1. The molecule has 8 nitrogen and oxygen atoms in total. The number of anilines is 1. The molecule has 0 bridgehead atoms. The summed E-state index contributed by atoms with van der Waals surface area (Å²) in [6, 6.07) is 7.87. The second-order valence-electron chi connectivity index (χ2n) is 6.62. The van der Waals surface area contributed by atoms with E-state index in [1.165, 1.54) is 6.33 Å². The zero-order valence-electron chi connectivity index (χ0n) is 15.7. The Morgan fingerprint density at radius 2 is 1.93 bits per heavy atom.